The van der Waals surface area contributed by atoms with Gasteiger partial charge in [0.15, 0.2) is 5.82 Å². The number of hydrazine groups is 1. The summed E-state index contributed by atoms with van der Waals surface area (Å²) in [5.41, 5.74) is 4.37. The first kappa shape index (κ1) is 13.1. The van der Waals surface area contributed by atoms with Crippen molar-refractivity contribution in [3.8, 4) is 0 Å². The van der Waals surface area contributed by atoms with Gasteiger partial charge >= 0.3 is 0 Å². The van der Waals surface area contributed by atoms with Crippen molar-refractivity contribution in [1.29, 1.82) is 0 Å². The van der Waals surface area contributed by atoms with Crippen molar-refractivity contribution in [1.82, 2.24) is 9.97 Å². The van der Waals surface area contributed by atoms with E-state index in [1.165, 1.54) is 6.20 Å². The molecule has 5 nitrogen and oxygen atoms in total. The molecule has 0 amide bonds. The fraction of sp³-hybridized carbons (Fsp3) is 0.0909. The Labute approximate surface area is 118 Å². The number of hydrogen-bond acceptors (Lipinski definition) is 5. The molecule has 0 saturated heterocycles. The molecular formula is C11H11BrClN5. The molecule has 0 bridgehead atoms. The predicted molar refractivity (Wildman–Crippen MR) is 77.0 cm³/mol. The number of nitrogen functional groups attached to an aromatic ring is 1. The number of hydrogen-bond donors (Lipinski definition) is 3. The summed E-state index contributed by atoms with van der Waals surface area (Å²) in [6.45, 7) is 1.99. The van der Waals surface area contributed by atoms with Gasteiger partial charge in [-0.15, -0.1) is 0 Å². The average molecular weight is 329 g/mol. The lowest BCUT2D eigenvalue weighted by Gasteiger charge is -2.11. The molecule has 1 aromatic heterocycles. The zero-order chi connectivity index (χ0) is 13.1. The van der Waals surface area contributed by atoms with Crippen LogP contribution in [0.2, 0.25) is 5.02 Å². The number of nitrogens with zero attached hydrogens (tertiary/aromatic N) is 2. The van der Waals surface area contributed by atoms with E-state index in [9.17, 15) is 0 Å². The third-order valence-electron chi connectivity index (χ3n) is 2.33. The number of anilines is 3. The van der Waals surface area contributed by atoms with Crippen LogP contribution in [0.15, 0.2) is 28.9 Å². The van der Waals surface area contributed by atoms with Crippen molar-refractivity contribution in [2.45, 2.75) is 6.92 Å². The summed E-state index contributed by atoms with van der Waals surface area (Å²) in [6, 6.07) is 5.90. The Hall–Kier alpha value is -1.37. The molecule has 18 heavy (non-hydrogen) atoms. The van der Waals surface area contributed by atoms with E-state index in [0.717, 1.165) is 15.7 Å². The Morgan fingerprint density at radius 1 is 1.39 bits per heavy atom. The smallest absolute Gasteiger partial charge is 0.239 e. The van der Waals surface area contributed by atoms with Crippen LogP contribution in [-0.2, 0) is 0 Å². The van der Waals surface area contributed by atoms with E-state index in [4.69, 9.17) is 17.4 Å². The van der Waals surface area contributed by atoms with Gasteiger partial charge in [0, 0.05) is 10.2 Å². The van der Waals surface area contributed by atoms with E-state index in [2.05, 4.69) is 36.6 Å². The molecule has 2 rings (SSSR count). The zero-order valence-electron chi connectivity index (χ0n) is 9.54. The standard InChI is InChI=1S/C11H11BrClN5/c1-6-2-3-7(12)4-9(6)16-10-8(13)5-15-11(17-10)18-14/h2-5H,14H2,1H3,(H2,15,16,17,18). The first-order valence-electron chi connectivity index (χ1n) is 5.12. The molecule has 1 aromatic carbocycles. The monoisotopic (exact) mass is 327 g/mol. The highest BCUT2D eigenvalue weighted by molar-refractivity contribution is 9.10. The van der Waals surface area contributed by atoms with Crippen molar-refractivity contribution < 1.29 is 0 Å². The quantitative estimate of drug-likeness (QED) is 0.596. The van der Waals surface area contributed by atoms with Crippen LogP contribution in [-0.4, -0.2) is 9.97 Å². The van der Waals surface area contributed by atoms with E-state index < -0.39 is 0 Å². The van der Waals surface area contributed by atoms with Gasteiger partial charge in [-0.2, -0.15) is 4.98 Å². The Bertz CT molecular complexity index is 575. The molecule has 0 spiro atoms. The van der Waals surface area contributed by atoms with Crippen LogP contribution in [0.5, 0.6) is 0 Å². The normalized spacial score (nSPS) is 10.2. The predicted octanol–water partition coefficient (Wildman–Crippen LogP) is 3.23. The van der Waals surface area contributed by atoms with Gasteiger partial charge in [-0.1, -0.05) is 33.6 Å². The lowest BCUT2D eigenvalue weighted by Crippen LogP contribution is -2.11. The van der Waals surface area contributed by atoms with Crippen molar-refractivity contribution in [2.75, 3.05) is 10.7 Å². The fourth-order valence-corrected chi connectivity index (χ4v) is 1.88. The van der Waals surface area contributed by atoms with Gasteiger partial charge in [-0.05, 0) is 24.6 Å². The van der Waals surface area contributed by atoms with Crippen LogP contribution in [0.4, 0.5) is 17.5 Å². The summed E-state index contributed by atoms with van der Waals surface area (Å²) in [4.78, 5) is 8.06. The van der Waals surface area contributed by atoms with Crippen molar-refractivity contribution in [2.24, 2.45) is 5.84 Å². The van der Waals surface area contributed by atoms with Crippen LogP contribution in [0.1, 0.15) is 5.56 Å². The van der Waals surface area contributed by atoms with Crippen LogP contribution in [0.3, 0.4) is 0 Å². The second-order valence-corrected chi connectivity index (χ2v) is 4.94. The van der Waals surface area contributed by atoms with Crippen molar-refractivity contribution >= 4 is 45.0 Å². The minimum atomic E-state index is 0.301. The Balaban J connectivity index is 2.36. The minimum Gasteiger partial charge on any atom is -0.339 e. The van der Waals surface area contributed by atoms with Gasteiger partial charge < -0.3 is 5.32 Å². The average Bonchev–Trinajstić information content (AvgIpc) is 2.36. The number of nitrogens with two attached hydrogens (primary N) is 1. The van der Waals surface area contributed by atoms with Crippen LogP contribution in [0.25, 0.3) is 0 Å². The third kappa shape index (κ3) is 2.90. The summed E-state index contributed by atoms with van der Waals surface area (Å²) in [5.74, 6) is 6.06. The maximum absolute atomic E-state index is 6.03. The molecule has 1 heterocycles. The van der Waals surface area contributed by atoms with Gasteiger partial charge in [0.2, 0.25) is 5.95 Å². The largest absolute Gasteiger partial charge is 0.339 e. The number of halogens is 2. The first-order valence-corrected chi connectivity index (χ1v) is 6.29. The highest BCUT2D eigenvalue weighted by Crippen LogP contribution is 2.27. The SMILES string of the molecule is Cc1ccc(Br)cc1Nc1nc(NN)ncc1Cl. The second kappa shape index (κ2) is 5.51. The maximum atomic E-state index is 6.03. The number of aryl methyl sites for hydroxylation is 1. The molecule has 0 aliphatic heterocycles. The molecule has 0 saturated carbocycles. The van der Waals surface area contributed by atoms with Gasteiger partial charge in [0.05, 0.1) is 6.20 Å². The van der Waals surface area contributed by atoms with E-state index in [0.29, 0.717) is 16.8 Å². The molecular weight excluding hydrogens is 318 g/mol. The molecule has 94 valence electrons. The van der Waals surface area contributed by atoms with E-state index in [1.54, 1.807) is 0 Å². The first-order chi connectivity index (χ1) is 8.60. The van der Waals surface area contributed by atoms with Gasteiger partial charge in [-0.3, -0.25) is 5.43 Å². The number of aromatic nitrogens is 2. The zero-order valence-corrected chi connectivity index (χ0v) is 11.9. The van der Waals surface area contributed by atoms with Crippen LogP contribution < -0.4 is 16.6 Å². The second-order valence-electron chi connectivity index (χ2n) is 3.62. The Morgan fingerprint density at radius 3 is 2.89 bits per heavy atom. The number of benzene rings is 1. The highest BCUT2D eigenvalue weighted by atomic mass is 79.9. The Kier molecular flexibility index (Phi) is 4.00. The molecule has 4 N–H and O–H groups in total. The molecule has 0 unspecified atom stereocenters. The lowest BCUT2D eigenvalue weighted by atomic mass is 10.2. The van der Waals surface area contributed by atoms with Gasteiger partial charge in [-0.25, -0.2) is 10.8 Å². The molecule has 2 aromatic rings. The summed E-state index contributed by atoms with van der Waals surface area (Å²) >= 11 is 9.45. The van der Waals surface area contributed by atoms with E-state index in [1.807, 2.05) is 25.1 Å². The topological polar surface area (TPSA) is 75.9 Å². The van der Waals surface area contributed by atoms with Crippen LogP contribution >= 0.6 is 27.5 Å². The minimum absolute atomic E-state index is 0.301. The number of nitrogens with one attached hydrogen (secondary N) is 2. The molecule has 7 heteroatoms. The molecule has 0 aliphatic rings. The fourth-order valence-electron chi connectivity index (χ4n) is 1.38. The van der Waals surface area contributed by atoms with E-state index >= 15 is 0 Å². The summed E-state index contributed by atoms with van der Waals surface area (Å²) in [6.07, 6.45) is 1.49. The molecule has 0 radical (unpaired) electrons. The Morgan fingerprint density at radius 2 is 2.17 bits per heavy atom. The molecule has 0 fully saturated rings. The number of rotatable bonds is 3. The summed E-state index contributed by atoms with van der Waals surface area (Å²) < 4.78 is 0.970. The van der Waals surface area contributed by atoms with Gasteiger partial charge in [0.1, 0.15) is 5.02 Å². The summed E-state index contributed by atoms with van der Waals surface area (Å²) in [7, 11) is 0. The lowest BCUT2D eigenvalue weighted by molar-refractivity contribution is 1.12. The van der Waals surface area contributed by atoms with Crippen LogP contribution in [0, 0.1) is 6.92 Å². The van der Waals surface area contributed by atoms with Gasteiger partial charge in [0.25, 0.3) is 0 Å². The van der Waals surface area contributed by atoms with Crippen molar-refractivity contribution in [3.63, 3.8) is 0 Å². The summed E-state index contributed by atoms with van der Waals surface area (Å²) in [5, 5.41) is 3.57. The van der Waals surface area contributed by atoms with E-state index in [-0.39, 0.29) is 0 Å². The van der Waals surface area contributed by atoms with Crippen molar-refractivity contribution in [3.05, 3.63) is 39.5 Å². The maximum Gasteiger partial charge on any atom is 0.239 e. The molecule has 0 aliphatic carbocycles. The molecule has 0 atom stereocenters. The highest BCUT2D eigenvalue weighted by Gasteiger charge is 2.07. The third-order valence-corrected chi connectivity index (χ3v) is 3.10.